The molecule has 1 aliphatic rings. The number of benzene rings is 2. The van der Waals surface area contributed by atoms with Gasteiger partial charge in [0.15, 0.2) is 0 Å². The van der Waals surface area contributed by atoms with Gasteiger partial charge in [-0.05, 0) is 42.7 Å². The lowest BCUT2D eigenvalue weighted by Gasteiger charge is -2.11. The Balaban J connectivity index is 1.55. The summed E-state index contributed by atoms with van der Waals surface area (Å²) in [5.41, 5.74) is 2.04. The molecule has 1 fully saturated rings. The van der Waals surface area contributed by atoms with Crippen LogP contribution in [0.1, 0.15) is 28.8 Å². The Labute approximate surface area is 153 Å². The largest absolute Gasteiger partial charge is 0.376 e. The van der Waals surface area contributed by atoms with Gasteiger partial charge in [-0.25, -0.2) is 0 Å². The highest BCUT2D eigenvalue weighted by Crippen LogP contribution is 2.13. The maximum atomic E-state index is 12.3. The van der Waals surface area contributed by atoms with Crippen molar-refractivity contribution in [3.8, 4) is 0 Å². The lowest BCUT2D eigenvalue weighted by Crippen LogP contribution is -2.31. The molecule has 0 aliphatic carbocycles. The van der Waals surface area contributed by atoms with Gasteiger partial charge in [-0.15, -0.1) is 0 Å². The van der Waals surface area contributed by atoms with E-state index in [0.29, 0.717) is 17.8 Å². The van der Waals surface area contributed by atoms with Gasteiger partial charge in [-0.3, -0.25) is 9.59 Å². The molecule has 0 spiro atoms. The number of rotatable bonds is 6. The standard InChI is InChI=1S/C21H22N2O3/c24-20(12-11-16-6-2-1-3-7-16)23-18-9-4-8-17(14-18)21(25)22-15-19-10-5-13-26-19/h1-4,6-9,11-12,14,19H,5,10,13,15H2,(H,22,25)(H,23,24)/b12-11+/t19-/m0/s1. The lowest BCUT2D eigenvalue weighted by molar-refractivity contribution is -0.111. The fourth-order valence-electron chi connectivity index (χ4n) is 2.77. The van der Waals surface area contributed by atoms with Crippen LogP contribution in [0.3, 0.4) is 0 Å². The molecule has 0 radical (unpaired) electrons. The summed E-state index contributed by atoms with van der Waals surface area (Å²) < 4.78 is 5.50. The number of carbonyl (C=O) groups is 2. The van der Waals surface area contributed by atoms with Gasteiger partial charge in [-0.1, -0.05) is 36.4 Å². The van der Waals surface area contributed by atoms with Gasteiger partial charge >= 0.3 is 0 Å². The minimum atomic E-state index is -0.245. The average Bonchev–Trinajstić information content (AvgIpc) is 3.19. The Bertz CT molecular complexity index is 781. The van der Waals surface area contributed by atoms with E-state index in [0.717, 1.165) is 25.0 Å². The van der Waals surface area contributed by atoms with E-state index in [1.54, 1.807) is 30.3 Å². The number of hydrogen-bond acceptors (Lipinski definition) is 3. The van der Waals surface area contributed by atoms with Crippen LogP contribution in [0.4, 0.5) is 5.69 Å². The highest BCUT2D eigenvalue weighted by Gasteiger charge is 2.16. The SMILES string of the molecule is O=C(/C=C/c1ccccc1)Nc1cccc(C(=O)NC[C@@H]2CCCO2)c1. The van der Waals surface area contributed by atoms with Gasteiger partial charge in [0.1, 0.15) is 0 Å². The normalized spacial score (nSPS) is 16.5. The smallest absolute Gasteiger partial charge is 0.251 e. The quantitative estimate of drug-likeness (QED) is 0.786. The van der Waals surface area contributed by atoms with E-state index in [9.17, 15) is 9.59 Å². The van der Waals surface area contributed by atoms with Crippen molar-refractivity contribution >= 4 is 23.6 Å². The molecule has 2 aromatic carbocycles. The molecule has 1 heterocycles. The van der Waals surface area contributed by atoms with Gasteiger partial charge in [0.05, 0.1) is 6.10 Å². The number of carbonyl (C=O) groups excluding carboxylic acids is 2. The lowest BCUT2D eigenvalue weighted by atomic mass is 10.1. The Hall–Kier alpha value is -2.92. The summed E-state index contributed by atoms with van der Waals surface area (Å²) in [6.45, 7) is 1.27. The topological polar surface area (TPSA) is 67.4 Å². The summed E-state index contributed by atoms with van der Waals surface area (Å²) in [4.78, 5) is 24.3. The molecular weight excluding hydrogens is 328 g/mol. The van der Waals surface area contributed by atoms with Gasteiger partial charge in [0.25, 0.3) is 5.91 Å². The van der Waals surface area contributed by atoms with E-state index in [1.807, 2.05) is 30.3 Å². The van der Waals surface area contributed by atoms with Crippen molar-refractivity contribution in [2.24, 2.45) is 0 Å². The Kier molecular flexibility index (Phi) is 6.17. The van der Waals surface area contributed by atoms with Gasteiger partial charge in [-0.2, -0.15) is 0 Å². The van der Waals surface area contributed by atoms with Crippen LogP contribution in [0.5, 0.6) is 0 Å². The van der Waals surface area contributed by atoms with Gasteiger partial charge < -0.3 is 15.4 Å². The van der Waals surface area contributed by atoms with Gasteiger partial charge in [0.2, 0.25) is 5.91 Å². The third kappa shape index (κ3) is 5.29. The predicted octanol–water partition coefficient (Wildman–Crippen LogP) is 3.25. The highest BCUT2D eigenvalue weighted by atomic mass is 16.5. The zero-order chi connectivity index (χ0) is 18.2. The van der Waals surface area contributed by atoms with Crippen molar-refractivity contribution in [2.75, 3.05) is 18.5 Å². The Morgan fingerprint density at radius 2 is 1.96 bits per heavy atom. The van der Waals surface area contributed by atoms with E-state index in [2.05, 4.69) is 10.6 Å². The Morgan fingerprint density at radius 3 is 2.73 bits per heavy atom. The van der Waals surface area contributed by atoms with Crippen molar-refractivity contribution in [1.29, 1.82) is 0 Å². The maximum Gasteiger partial charge on any atom is 0.251 e. The first-order valence-corrected chi connectivity index (χ1v) is 8.75. The van der Waals surface area contributed by atoms with Crippen LogP contribution in [-0.2, 0) is 9.53 Å². The fourth-order valence-corrected chi connectivity index (χ4v) is 2.77. The van der Waals surface area contributed by atoms with Crippen molar-refractivity contribution in [3.05, 3.63) is 71.8 Å². The van der Waals surface area contributed by atoms with Crippen LogP contribution in [0.2, 0.25) is 0 Å². The summed E-state index contributed by atoms with van der Waals surface area (Å²) in [6.07, 6.45) is 5.33. The first-order chi connectivity index (χ1) is 12.7. The van der Waals surface area contributed by atoms with E-state index in [-0.39, 0.29) is 17.9 Å². The van der Waals surface area contributed by atoms with Gasteiger partial charge in [0, 0.05) is 30.5 Å². The van der Waals surface area contributed by atoms with Crippen LogP contribution < -0.4 is 10.6 Å². The number of ether oxygens (including phenoxy) is 1. The second-order valence-corrected chi connectivity index (χ2v) is 6.16. The van der Waals surface area contributed by atoms with Crippen molar-refractivity contribution in [1.82, 2.24) is 5.32 Å². The van der Waals surface area contributed by atoms with Crippen LogP contribution in [0, 0.1) is 0 Å². The van der Waals surface area contributed by atoms with E-state index in [1.165, 1.54) is 6.08 Å². The first-order valence-electron chi connectivity index (χ1n) is 8.75. The molecule has 2 aromatic rings. The molecular formula is C21H22N2O3. The number of anilines is 1. The summed E-state index contributed by atoms with van der Waals surface area (Å²) in [7, 11) is 0. The van der Waals surface area contributed by atoms with E-state index >= 15 is 0 Å². The molecule has 5 heteroatoms. The molecule has 5 nitrogen and oxygen atoms in total. The molecule has 0 saturated carbocycles. The minimum absolute atomic E-state index is 0.102. The third-order valence-corrected chi connectivity index (χ3v) is 4.13. The number of nitrogens with one attached hydrogen (secondary N) is 2. The van der Waals surface area contributed by atoms with Crippen LogP contribution in [0.25, 0.3) is 6.08 Å². The minimum Gasteiger partial charge on any atom is -0.376 e. The number of hydrogen-bond donors (Lipinski definition) is 2. The van der Waals surface area contributed by atoms with E-state index in [4.69, 9.17) is 4.74 Å². The van der Waals surface area contributed by atoms with Crippen molar-refractivity contribution < 1.29 is 14.3 Å². The molecule has 1 atom stereocenters. The zero-order valence-corrected chi connectivity index (χ0v) is 14.5. The molecule has 1 saturated heterocycles. The molecule has 3 rings (SSSR count). The molecule has 0 unspecified atom stereocenters. The molecule has 0 bridgehead atoms. The summed E-state index contributed by atoms with van der Waals surface area (Å²) in [5.74, 6) is -0.415. The van der Waals surface area contributed by atoms with Crippen molar-refractivity contribution in [3.63, 3.8) is 0 Å². The zero-order valence-electron chi connectivity index (χ0n) is 14.5. The predicted molar refractivity (Wildman–Crippen MR) is 102 cm³/mol. The van der Waals surface area contributed by atoms with Crippen LogP contribution >= 0.6 is 0 Å². The van der Waals surface area contributed by atoms with E-state index < -0.39 is 0 Å². The Morgan fingerprint density at radius 1 is 1.12 bits per heavy atom. The highest BCUT2D eigenvalue weighted by molar-refractivity contribution is 6.03. The van der Waals surface area contributed by atoms with Crippen molar-refractivity contribution in [2.45, 2.75) is 18.9 Å². The summed E-state index contributed by atoms with van der Waals surface area (Å²) in [6, 6.07) is 16.5. The molecule has 2 N–H and O–H groups in total. The second kappa shape index (κ2) is 8.97. The van der Waals surface area contributed by atoms with Crippen LogP contribution in [-0.4, -0.2) is 31.1 Å². The fraction of sp³-hybridized carbons (Fsp3) is 0.238. The summed E-state index contributed by atoms with van der Waals surface area (Å²) >= 11 is 0. The molecule has 0 aromatic heterocycles. The number of amides is 2. The second-order valence-electron chi connectivity index (χ2n) is 6.16. The third-order valence-electron chi connectivity index (χ3n) is 4.13. The first kappa shape index (κ1) is 17.9. The average molecular weight is 350 g/mol. The monoisotopic (exact) mass is 350 g/mol. The maximum absolute atomic E-state index is 12.3. The molecule has 2 amide bonds. The molecule has 1 aliphatic heterocycles. The molecule has 134 valence electrons. The molecule has 26 heavy (non-hydrogen) atoms. The summed E-state index contributed by atoms with van der Waals surface area (Å²) in [5, 5.41) is 5.65. The van der Waals surface area contributed by atoms with Crippen LogP contribution in [0.15, 0.2) is 60.7 Å².